The summed E-state index contributed by atoms with van der Waals surface area (Å²) in [4.78, 5) is 20.9. The molecule has 2 aromatic carbocycles. The standard InChI is InChI=1S/C32H42N4O5.ClH/c1-3-40-26-13-7-8-14-27(26)41-20-16-25-21-33-18-19-35(25)31(37)29-30(24-11-5-4-6-12-24)36(23-34-29)28-15-9-10-17-32(28,38)22-39-2;/h4-8,11-14,23,25,28,33,38H,3,9-10,15-22H2,1-2H3;1H/t25-,28-,32-;/m1./s1. The van der Waals surface area contributed by atoms with Gasteiger partial charge < -0.3 is 34.1 Å². The van der Waals surface area contributed by atoms with Crippen molar-refractivity contribution in [3.8, 4) is 22.8 Å². The second kappa shape index (κ2) is 14.9. The van der Waals surface area contributed by atoms with Crippen LogP contribution in [0.2, 0.25) is 0 Å². The first-order valence-corrected chi connectivity index (χ1v) is 14.8. The Balaban J connectivity index is 0.00000405. The fourth-order valence-electron chi connectivity index (χ4n) is 6.23. The minimum Gasteiger partial charge on any atom is -0.490 e. The molecule has 1 aliphatic heterocycles. The van der Waals surface area contributed by atoms with E-state index in [0.717, 1.165) is 36.3 Å². The number of rotatable bonds is 11. The highest BCUT2D eigenvalue weighted by atomic mass is 35.5. The number of methoxy groups -OCH3 is 1. The average molecular weight is 599 g/mol. The number of carbonyl (C=O) groups is 1. The molecule has 1 amide bonds. The molecule has 0 spiro atoms. The highest BCUT2D eigenvalue weighted by Gasteiger charge is 2.42. The molecule has 10 heteroatoms. The van der Waals surface area contributed by atoms with Crippen LogP contribution in [0.4, 0.5) is 0 Å². The van der Waals surface area contributed by atoms with E-state index in [1.165, 1.54) is 0 Å². The molecule has 2 fully saturated rings. The number of piperazine rings is 1. The van der Waals surface area contributed by atoms with E-state index < -0.39 is 5.60 Å². The van der Waals surface area contributed by atoms with Crippen LogP contribution in [0.1, 0.15) is 55.6 Å². The first kappa shape index (κ1) is 31.8. The van der Waals surface area contributed by atoms with Gasteiger partial charge in [0, 0.05) is 44.8 Å². The summed E-state index contributed by atoms with van der Waals surface area (Å²) in [5.74, 6) is 1.32. The molecule has 1 aromatic heterocycles. The van der Waals surface area contributed by atoms with E-state index in [1.54, 1.807) is 13.4 Å². The van der Waals surface area contributed by atoms with Crippen molar-refractivity contribution >= 4 is 18.3 Å². The summed E-state index contributed by atoms with van der Waals surface area (Å²) < 4.78 is 19.3. The Morgan fingerprint density at radius 3 is 2.57 bits per heavy atom. The Hall–Kier alpha value is -3.11. The summed E-state index contributed by atoms with van der Waals surface area (Å²) in [7, 11) is 1.62. The Morgan fingerprint density at radius 1 is 1.10 bits per heavy atom. The van der Waals surface area contributed by atoms with Crippen LogP contribution in [0.3, 0.4) is 0 Å². The molecule has 3 atom stereocenters. The maximum absolute atomic E-state index is 14.2. The van der Waals surface area contributed by atoms with Crippen molar-refractivity contribution in [2.24, 2.45) is 0 Å². The van der Waals surface area contributed by atoms with E-state index in [4.69, 9.17) is 19.2 Å². The number of imidazole rings is 1. The molecule has 1 aliphatic carbocycles. The number of hydrogen-bond acceptors (Lipinski definition) is 7. The molecule has 1 saturated carbocycles. The number of carbonyl (C=O) groups excluding carboxylic acids is 1. The van der Waals surface area contributed by atoms with Crippen molar-refractivity contribution in [2.45, 2.75) is 56.7 Å². The zero-order chi connectivity index (χ0) is 28.7. The van der Waals surface area contributed by atoms with Gasteiger partial charge in [-0.15, -0.1) is 12.4 Å². The van der Waals surface area contributed by atoms with Crippen molar-refractivity contribution in [2.75, 3.05) is 46.6 Å². The van der Waals surface area contributed by atoms with Crippen molar-refractivity contribution in [1.29, 1.82) is 0 Å². The Morgan fingerprint density at radius 2 is 1.83 bits per heavy atom. The smallest absolute Gasteiger partial charge is 0.275 e. The molecule has 2 aliphatic rings. The predicted molar refractivity (Wildman–Crippen MR) is 165 cm³/mol. The van der Waals surface area contributed by atoms with Gasteiger partial charge in [-0.05, 0) is 31.9 Å². The number of amides is 1. The molecule has 0 bridgehead atoms. The lowest BCUT2D eigenvalue weighted by Gasteiger charge is -2.41. The minimum atomic E-state index is -1.02. The summed E-state index contributed by atoms with van der Waals surface area (Å²) in [6, 6.07) is 17.3. The van der Waals surface area contributed by atoms with Gasteiger partial charge in [0.25, 0.3) is 5.91 Å². The van der Waals surface area contributed by atoms with Gasteiger partial charge in [0.1, 0.15) is 5.60 Å². The maximum Gasteiger partial charge on any atom is 0.275 e. The topological polar surface area (TPSA) is 98.1 Å². The highest BCUT2D eigenvalue weighted by molar-refractivity contribution is 5.98. The molecule has 2 N–H and O–H groups in total. The van der Waals surface area contributed by atoms with Gasteiger partial charge >= 0.3 is 0 Å². The Kier molecular flexibility index (Phi) is 11.3. The quantitative estimate of drug-likeness (QED) is 0.329. The first-order chi connectivity index (χ1) is 20.1. The summed E-state index contributed by atoms with van der Waals surface area (Å²) in [5, 5.41) is 15.1. The third kappa shape index (κ3) is 6.92. The average Bonchev–Trinajstić information content (AvgIpc) is 3.43. The van der Waals surface area contributed by atoms with Gasteiger partial charge in [0.2, 0.25) is 0 Å². The lowest BCUT2D eigenvalue weighted by molar-refractivity contribution is -0.0893. The van der Waals surface area contributed by atoms with Crippen LogP contribution in [0.15, 0.2) is 60.9 Å². The first-order valence-electron chi connectivity index (χ1n) is 14.8. The highest BCUT2D eigenvalue weighted by Crippen LogP contribution is 2.41. The number of benzene rings is 2. The summed E-state index contributed by atoms with van der Waals surface area (Å²) >= 11 is 0. The molecule has 3 aromatic rings. The van der Waals surface area contributed by atoms with Gasteiger partial charge in [-0.25, -0.2) is 4.98 Å². The minimum absolute atomic E-state index is 0. The van der Waals surface area contributed by atoms with Crippen LogP contribution >= 0.6 is 12.4 Å². The molecule has 228 valence electrons. The number of aromatic nitrogens is 2. The largest absolute Gasteiger partial charge is 0.490 e. The molecule has 5 rings (SSSR count). The van der Waals surface area contributed by atoms with E-state index in [1.807, 2.05) is 71.0 Å². The zero-order valence-electron chi connectivity index (χ0n) is 24.5. The van der Waals surface area contributed by atoms with E-state index in [2.05, 4.69) is 5.32 Å². The zero-order valence-corrected chi connectivity index (χ0v) is 25.4. The van der Waals surface area contributed by atoms with Crippen molar-refractivity contribution < 1.29 is 24.1 Å². The summed E-state index contributed by atoms with van der Waals surface area (Å²) in [6.07, 6.45) is 5.78. The number of aliphatic hydroxyl groups is 1. The molecular weight excluding hydrogens is 556 g/mol. The third-order valence-corrected chi connectivity index (χ3v) is 8.20. The van der Waals surface area contributed by atoms with E-state index in [-0.39, 0.29) is 37.0 Å². The number of nitrogens with one attached hydrogen (secondary N) is 1. The number of halogens is 1. The molecule has 2 heterocycles. The van der Waals surface area contributed by atoms with Gasteiger partial charge in [-0.3, -0.25) is 4.79 Å². The Bertz CT molecular complexity index is 1280. The second-order valence-corrected chi connectivity index (χ2v) is 10.9. The van der Waals surface area contributed by atoms with Gasteiger partial charge in [-0.1, -0.05) is 55.3 Å². The normalized spacial score (nSPS) is 22.3. The molecule has 0 radical (unpaired) electrons. The van der Waals surface area contributed by atoms with Crippen LogP contribution in [0.5, 0.6) is 11.5 Å². The summed E-state index contributed by atoms with van der Waals surface area (Å²) in [5.41, 5.74) is 1.04. The van der Waals surface area contributed by atoms with Crippen LogP contribution in [-0.2, 0) is 4.74 Å². The Labute approximate surface area is 254 Å². The maximum atomic E-state index is 14.2. The fourth-order valence-corrected chi connectivity index (χ4v) is 6.23. The number of hydrogen-bond donors (Lipinski definition) is 2. The van der Waals surface area contributed by atoms with E-state index in [9.17, 15) is 9.90 Å². The van der Waals surface area contributed by atoms with Gasteiger partial charge in [-0.2, -0.15) is 0 Å². The van der Waals surface area contributed by atoms with Crippen LogP contribution < -0.4 is 14.8 Å². The van der Waals surface area contributed by atoms with Crippen LogP contribution in [0.25, 0.3) is 11.3 Å². The van der Waals surface area contributed by atoms with Crippen molar-refractivity contribution in [1.82, 2.24) is 19.8 Å². The number of ether oxygens (including phenoxy) is 3. The third-order valence-electron chi connectivity index (χ3n) is 8.20. The lowest BCUT2D eigenvalue weighted by Crippen LogP contribution is -2.54. The van der Waals surface area contributed by atoms with Gasteiger partial charge in [0.15, 0.2) is 17.2 Å². The molecule has 9 nitrogen and oxygen atoms in total. The van der Waals surface area contributed by atoms with E-state index in [0.29, 0.717) is 57.1 Å². The number of nitrogens with zero attached hydrogens (tertiary/aromatic N) is 3. The molecule has 1 saturated heterocycles. The predicted octanol–water partition coefficient (Wildman–Crippen LogP) is 4.75. The fraction of sp³-hybridized carbons (Fsp3) is 0.500. The second-order valence-electron chi connectivity index (χ2n) is 10.9. The van der Waals surface area contributed by atoms with Gasteiger partial charge in [0.05, 0.1) is 37.9 Å². The molecule has 0 unspecified atom stereocenters. The van der Waals surface area contributed by atoms with Crippen LogP contribution in [-0.4, -0.2) is 83.7 Å². The monoisotopic (exact) mass is 598 g/mol. The number of para-hydroxylation sites is 2. The van der Waals surface area contributed by atoms with Crippen molar-refractivity contribution in [3.05, 3.63) is 66.6 Å². The SMILES string of the molecule is CCOc1ccccc1OCC[C@@H]1CNCCN1C(=O)c1ncn([C@@H]2CCCC[C@@]2(O)COC)c1-c1ccccc1.Cl. The summed E-state index contributed by atoms with van der Waals surface area (Å²) in [6.45, 7) is 5.18. The van der Waals surface area contributed by atoms with Crippen LogP contribution in [0, 0.1) is 0 Å². The lowest BCUT2D eigenvalue weighted by atomic mass is 9.80. The molecular formula is C32H43ClN4O5. The molecule has 42 heavy (non-hydrogen) atoms. The van der Waals surface area contributed by atoms with E-state index >= 15 is 0 Å². The van der Waals surface area contributed by atoms with Crippen molar-refractivity contribution in [3.63, 3.8) is 0 Å².